The van der Waals surface area contributed by atoms with Crippen molar-refractivity contribution in [2.24, 2.45) is 0 Å². The van der Waals surface area contributed by atoms with E-state index in [1.165, 1.54) is 0 Å². The number of hydrogen-bond donors (Lipinski definition) is 1. The van der Waals surface area contributed by atoms with Crippen molar-refractivity contribution in [1.29, 1.82) is 0 Å². The Morgan fingerprint density at radius 3 is 2.83 bits per heavy atom. The predicted octanol–water partition coefficient (Wildman–Crippen LogP) is 2.66. The summed E-state index contributed by atoms with van der Waals surface area (Å²) in [4.78, 5) is 0. The number of aromatic nitrogens is 2. The molecule has 0 saturated heterocycles. The first-order valence-corrected chi connectivity index (χ1v) is 5.83. The summed E-state index contributed by atoms with van der Waals surface area (Å²) < 4.78 is 10.7. The zero-order valence-corrected chi connectivity index (χ0v) is 10.8. The molecule has 1 atom stereocenters. The van der Waals surface area contributed by atoms with Gasteiger partial charge in [-0.2, -0.15) is 0 Å². The molecule has 0 aliphatic rings. The van der Waals surface area contributed by atoms with E-state index < -0.39 is 6.10 Å². The molecule has 6 heteroatoms. The number of ether oxygens (including phenoxy) is 1. The summed E-state index contributed by atoms with van der Waals surface area (Å²) in [7, 11) is 0. The van der Waals surface area contributed by atoms with Gasteiger partial charge in [-0.25, -0.2) is 0 Å². The van der Waals surface area contributed by atoms with Gasteiger partial charge >= 0.3 is 0 Å². The first kappa shape index (κ1) is 12.9. The van der Waals surface area contributed by atoms with Gasteiger partial charge in [-0.1, -0.05) is 11.6 Å². The molecule has 96 valence electrons. The van der Waals surface area contributed by atoms with Crippen molar-refractivity contribution in [1.82, 2.24) is 10.2 Å². The maximum absolute atomic E-state index is 9.64. The lowest BCUT2D eigenvalue weighted by molar-refractivity contribution is 0.187. The average Bonchev–Trinajstić information content (AvgIpc) is 2.73. The van der Waals surface area contributed by atoms with Crippen LogP contribution in [0, 0.1) is 6.92 Å². The number of halogens is 1. The van der Waals surface area contributed by atoms with Crippen LogP contribution in [0.1, 0.15) is 30.4 Å². The van der Waals surface area contributed by atoms with Gasteiger partial charge in [0.1, 0.15) is 5.75 Å². The second-order valence-corrected chi connectivity index (χ2v) is 4.30. The molecule has 2 aromatic rings. The predicted molar refractivity (Wildman–Crippen MR) is 65.5 cm³/mol. The highest BCUT2D eigenvalue weighted by Gasteiger charge is 2.11. The third-order valence-corrected chi connectivity index (χ3v) is 2.58. The highest BCUT2D eigenvalue weighted by molar-refractivity contribution is 6.30. The summed E-state index contributed by atoms with van der Waals surface area (Å²) in [5, 5.41) is 17.7. The minimum Gasteiger partial charge on any atom is -0.483 e. The summed E-state index contributed by atoms with van der Waals surface area (Å²) in [5.74, 6) is 1.42. The van der Waals surface area contributed by atoms with Crippen molar-refractivity contribution in [3.8, 4) is 5.75 Å². The number of benzene rings is 1. The van der Waals surface area contributed by atoms with Crippen LogP contribution in [0.5, 0.6) is 5.75 Å². The van der Waals surface area contributed by atoms with Crippen molar-refractivity contribution < 1.29 is 14.3 Å². The molecule has 2 rings (SSSR count). The van der Waals surface area contributed by atoms with E-state index >= 15 is 0 Å². The largest absolute Gasteiger partial charge is 0.483 e. The van der Waals surface area contributed by atoms with Crippen molar-refractivity contribution in [3.05, 3.63) is 40.6 Å². The summed E-state index contributed by atoms with van der Waals surface area (Å²) >= 11 is 5.87. The zero-order chi connectivity index (χ0) is 13.1. The van der Waals surface area contributed by atoms with E-state index in [1.54, 1.807) is 32.0 Å². The van der Waals surface area contributed by atoms with Crippen LogP contribution in [-0.2, 0) is 6.61 Å². The van der Waals surface area contributed by atoms with E-state index in [0.29, 0.717) is 28.1 Å². The Kier molecular flexibility index (Phi) is 3.84. The van der Waals surface area contributed by atoms with Crippen LogP contribution < -0.4 is 4.74 Å². The van der Waals surface area contributed by atoms with E-state index in [-0.39, 0.29) is 6.61 Å². The van der Waals surface area contributed by atoms with Crippen LogP contribution >= 0.6 is 11.6 Å². The maximum atomic E-state index is 9.64. The van der Waals surface area contributed by atoms with Gasteiger partial charge in [-0.05, 0) is 25.1 Å². The van der Waals surface area contributed by atoms with Crippen LogP contribution in [0.3, 0.4) is 0 Å². The third kappa shape index (κ3) is 3.00. The molecule has 0 fully saturated rings. The fraction of sp³-hybridized carbons (Fsp3) is 0.333. The summed E-state index contributed by atoms with van der Waals surface area (Å²) in [6, 6.07) is 5.07. The van der Waals surface area contributed by atoms with Gasteiger partial charge in [-0.3, -0.25) is 0 Å². The SMILES string of the molecule is Cc1nnc(COc2ccc(Cl)cc2C(C)O)o1. The molecule has 0 amide bonds. The molecule has 0 aliphatic carbocycles. The monoisotopic (exact) mass is 268 g/mol. The molecule has 1 unspecified atom stereocenters. The summed E-state index contributed by atoms with van der Waals surface area (Å²) in [6.07, 6.45) is -0.664. The molecule has 0 bridgehead atoms. The zero-order valence-electron chi connectivity index (χ0n) is 10.1. The van der Waals surface area contributed by atoms with Crippen molar-refractivity contribution in [3.63, 3.8) is 0 Å². The van der Waals surface area contributed by atoms with Crippen LogP contribution in [0.4, 0.5) is 0 Å². The standard InChI is InChI=1S/C12H13ClN2O3/c1-7(16)10-5-9(13)3-4-11(10)17-6-12-15-14-8(2)18-12/h3-5,7,16H,6H2,1-2H3. The minimum absolute atomic E-state index is 0.155. The van der Waals surface area contributed by atoms with E-state index in [9.17, 15) is 5.11 Å². The van der Waals surface area contributed by atoms with Gasteiger partial charge in [-0.15, -0.1) is 10.2 Å². The normalized spacial score (nSPS) is 12.4. The Labute approximate surface area is 109 Å². The van der Waals surface area contributed by atoms with Gasteiger partial charge in [0.15, 0.2) is 6.61 Å². The van der Waals surface area contributed by atoms with E-state index in [0.717, 1.165) is 0 Å². The van der Waals surface area contributed by atoms with E-state index in [4.69, 9.17) is 20.8 Å². The molecule has 1 heterocycles. The summed E-state index contributed by atoms with van der Waals surface area (Å²) in [6.45, 7) is 3.51. The van der Waals surface area contributed by atoms with Gasteiger partial charge in [0.05, 0.1) is 6.10 Å². The Balaban J connectivity index is 2.13. The average molecular weight is 269 g/mol. The van der Waals surface area contributed by atoms with Gasteiger partial charge in [0.2, 0.25) is 5.89 Å². The van der Waals surface area contributed by atoms with Gasteiger partial charge in [0, 0.05) is 17.5 Å². The molecular weight excluding hydrogens is 256 g/mol. The highest BCUT2D eigenvalue weighted by atomic mass is 35.5. The van der Waals surface area contributed by atoms with Crippen LogP contribution in [-0.4, -0.2) is 15.3 Å². The lowest BCUT2D eigenvalue weighted by Gasteiger charge is -2.12. The molecular formula is C12H13ClN2O3. The fourth-order valence-corrected chi connectivity index (χ4v) is 1.69. The highest BCUT2D eigenvalue weighted by Crippen LogP contribution is 2.28. The molecule has 0 aliphatic heterocycles. The molecule has 1 N–H and O–H groups in total. The second kappa shape index (κ2) is 5.37. The fourth-order valence-electron chi connectivity index (χ4n) is 1.51. The second-order valence-electron chi connectivity index (χ2n) is 3.86. The van der Waals surface area contributed by atoms with Crippen LogP contribution in [0.25, 0.3) is 0 Å². The summed E-state index contributed by atoms with van der Waals surface area (Å²) in [5.41, 5.74) is 0.624. The topological polar surface area (TPSA) is 68.4 Å². The number of aryl methyl sites for hydroxylation is 1. The Morgan fingerprint density at radius 2 is 2.22 bits per heavy atom. The number of aliphatic hydroxyl groups is 1. The minimum atomic E-state index is -0.664. The first-order chi connectivity index (χ1) is 8.56. The van der Waals surface area contributed by atoms with Crippen LogP contribution in [0.2, 0.25) is 5.02 Å². The van der Waals surface area contributed by atoms with Crippen molar-refractivity contribution in [2.45, 2.75) is 26.6 Å². The quantitative estimate of drug-likeness (QED) is 0.923. The smallest absolute Gasteiger partial charge is 0.253 e. The number of rotatable bonds is 4. The molecule has 5 nitrogen and oxygen atoms in total. The lowest BCUT2D eigenvalue weighted by atomic mass is 10.1. The van der Waals surface area contributed by atoms with Crippen molar-refractivity contribution >= 4 is 11.6 Å². The Hall–Kier alpha value is -1.59. The number of hydrogen-bond acceptors (Lipinski definition) is 5. The molecule has 18 heavy (non-hydrogen) atoms. The Morgan fingerprint density at radius 1 is 1.44 bits per heavy atom. The first-order valence-electron chi connectivity index (χ1n) is 5.45. The Bertz CT molecular complexity index is 540. The molecule has 1 aromatic carbocycles. The molecule has 0 saturated carbocycles. The van der Waals surface area contributed by atoms with Crippen LogP contribution in [0.15, 0.2) is 22.6 Å². The molecule has 1 aromatic heterocycles. The molecule has 0 radical (unpaired) electrons. The number of aliphatic hydroxyl groups excluding tert-OH is 1. The van der Waals surface area contributed by atoms with Gasteiger partial charge < -0.3 is 14.3 Å². The van der Waals surface area contributed by atoms with E-state index in [1.807, 2.05) is 0 Å². The molecule has 0 spiro atoms. The van der Waals surface area contributed by atoms with E-state index in [2.05, 4.69) is 10.2 Å². The van der Waals surface area contributed by atoms with Crippen molar-refractivity contribution in [2.75, 3.05) is 0 Å². The lowest BCUT2D eigenvalue weighted by Crippen LogP contribution is -2.01. The number of nitrogens with zero attached hydrogens (tertiary/aromatic N) is 2. The third-order valence-electron chi connectivity index (χ3n) is 2.34. The van der Waals surface area contributed by atoms with Gasteiger partial charge in [0.25, 0.3) is 5.89 Å². The maximum Gasteiger partial charge on any atom is 0.253 e.